The van der Waals surface area contributed by atoms with Crippen molar-refractivity contribution in [2.75, 3.05) is 13.7 Å². The number of ether oxygens (including phenoxy) is 1. The molecule has 7 heteroatoms. The van der Waals surface area contributed by atoms with Crippen molar-refractivity contribution in [2.45, 2.75) is 23.8 Å². The lowest BCUT2D eigenvalue weighted by Crippen LogP contribution is -2.40. The zero-order valence-corrected chi connectivity index (χ0v) is 11.3. The van der Waals surface area contributed by atoms with E-state index in [1.54, 1.807) is 18.2 Å². The van der Waals surface area contributed by atoms with Crippen LogP contribution in [0.3, 0.4) is 0 Å². The molecule has 0 saturated carbocycles. The summed E-state index contributed by atoms with van der Waals surface area (Å²) in [5.41, 5.74) is 0. The van der Waals surface area contributed by atoms with Crippen LogP contribution in [-0.2, 0) is 14.8 Å². The first-order valence-electron chi connectivity index (χ1n) is 5.86. The number of hydrogen-bond acceptors (Lipinski definition) is 4. The van der Waals surface area contributed by atoms with E-state index in [0.29, 0.717) is 12.8 Å². The average Bonchev–Trinajstić information content (AvgIpc) is 2.88. The number of methoxy groups -OCH3 is 1. The summed E-state index contributed by atoms with van der Waals surface area (Å²) in [5.74, 6) is -0.894. The van der Waals surface area contributed by atoms with Crippen molar-refractivity contribution in [3.63, 3.8) is 0 Å². The number of benzene rings is 1. The third-order valence-electron chi connectivity index (χ3n) is 3.14. The second-order valence-corrected chi connectivity index (χ2v) is 6.12. The fourth-order valence-corrected chi connectivity index (χ4v) is 4.04. The fourth-order valence-electron chi connectivity index (χ4n) is 2.23. The van der Waals surface area contributed by atoms with E-state index in [0.717, 1.165) is 4.31 Å². The largest absolute Gasteiger partial charge is 0.495 e. The Morgan fingerprint density at radius 2 is 2.11 bits per heavy atom. The van der Waals surface area contributed by atoms with E-state index in [1.165, 1.54) is 13.2 Å². The third kappa shape index (κ3) is 2.43. The van der Waals surface area contributed by atoms with Crippen LogP contribution in [0, 0.1) is 0 Å². The molecule has 1 saturated heterocycles. The predicted molar refractivity (Wildman–Crippen MR) is 67.5 cm³/mol. The number of para-hydroxylation sites is 1. The zero-order chi connectivity index (χ0) is 14.0. The van der Waals surface area contributed by atoms with Gasteiger partial charge in [-0.2, -0.15) is 4.31 Å². The third-order valence-corrected chi connectivity index (χ3v) is 5.09. The number of nitrogens with zero attached hydrogens (tertiary/aromatic N) is 1. The molecule has 19 heavy (non-hydrogen) atoms. The molecule has 0 bridgehead atoms. The first kappa shape index (κ1) is 13.8. The van der Waals surface area contributed by atoms with Gasteiger partial charge in [0.15, 0.2) is 0 Å². The molecule has 0 aromatic heterocycles. The Morgan fingerprint density at radius 1 is 1.42 bits per heavy atom. The van der Waals surface area contributed by atoms with Crippen LogP contribution in [0.25, 0.3) is 0 Å². The predicted octanol–water partition coefficient (Wildman–Crippen LogP) is 0.933. The van der Waals surface area contributed by atoms with Crippen molar-refractivity contribution in [1.29, 1.82) is 0 Å². The zero-order valence-electron chi connectivity index (χ0n) is 10.4. The Morgan fingerprint density at radius 3 is 2.74 bits per heavy atom. The minimum Gasteiger partial charge on any atom is -0.495 e. The van der Waals surface area contributed by atoms with Crippen LogP contribution in [0.1, 0.15) is 12.8 Å². The first-order valence-corrected chi connectivity index (χ1v) is 7.30. The molecule has 0 aliphatic carbocycles. The van der Waals surface area contributed by atoms with E-state index < -0.39 is 22.0 Å². The molecule has 0 radical (unpaired) electrons. The number of aliphatic carboxylic acids is 1. The van der Waals surface area contributed by atoms with Crippen LogP contribution in [-0.4, -0.2) is 43.5 Å². The fraction of sp³-hybridized carbons (Fsp3) is 0.417. The van der Waals surface area contributed by atoms with Gasteiger partial charge in [0.1, 0.15) is 16.7 Å². The Labute approximate surface area is 111 Å². The molecule has 104 valence electrons. The van der Waals surface area contributed by atoms with Gasteiger partial charge >= 0.3 is 5.97 Å². The van der Waals surface area contributed by atoms with Gasteiger partial charge in [0.2, 0.25) is 10.0 Å². The van der Waals surface area contributed by atoms with Gasteiger partial charge in [-0.05, 0) is 25.0 Å². The minimum atomic E-state index is -3.85. The molecule has 1 heterocycles. The molecule has 0 unspecified atom stereocenters. The number of sulfonamides is 1. The van der Waals surface area contributed by atoms with E-state index in [4.69, 9.17) is 9.84 Å². The molecule has 1 aromatic carbocycles. The van der Waals surface area contributed by atoms with E-state index in [9.17, 15) is 13.2 Å². The molecule has 1 N–H and O–H groups in total. The van der Waals surface area contributed by atoms with E-state index >= 15 is 0 Å². The number of rotatable bonds is 4. The summed E-state index contributed by atoms with van der Waals surface area (Å²) < 4.78 is 31.1. The van der Waals surface area contributed by atoms with Crippen molar-refractivity contribution in [3.8, 4) is 5.75 Å². The Hall–Kier alpha value is -1.60. The number of hydrogen-bond donors (Lipinski definition) is 1. The number of carboxylic acid groups (broad SMARTS) is 1. The maximum absolute atomic E-state index is 12.5. The van der Waals surface area contributed by atoms with Gasteiger partial charge in [-0.15, -0.1) is 0 Å². The molecule has 6 nitrogen and oxygen atoms in total. The van der Waals surface area contributed by atoms with Gasteiger partial charge in [-0.25, -0.2) is 8.42 Å². The van der Waals surface area contributed by atoms with Crippen LogP contribution in [0.2, 0.25) is 0 Å². The molecule has 0 spiro atoms. The topological polar surface area (TPSA) is 83.9 Å². The van der Waals surface area contributed by atoms with Gasteiger partial charge in [0.05, 0.1) is 7.11 Å². The van der Waals surface area contributed by atoms with E-state index in [2.05, 4.69) is 0 Å². The van der Waals surface area contributed by atoms with Crippen LogP contribution in [0.4, 0.5) is 0 Å². The summed E-state index contributed by atoms with van der Waals surface area (Å²) in [6.07, 6.45) is 0.884. The van der Waals surface area contributed by atoms with Gasteiger partial charge in [-0.3, -0.25) is 4.79 Å². The molecule has 1 aromatic rings. The maximum atomic E-state index is 12.5. The van der Waals surface area contributed by atoms with Gasteiger partial charge in [0.25, 0.3) is 0 Å². The molecule has 1 aliphatic heterocycles. The summed E-state index contributed by atoms with van der Waals surface area (Å²) in [7, 11) is -2.47. The highest BCUT2D eigenvalue weighted by atomic mass is 32.2. The molecule has 1 aliphatic rings. The van der Waals surface area contributed by atoms with Crippen molar-refractivity contribution < 1.29 is 23.1 Å². The monoisotopic (exact) mass is 285 g/mol. The minimum absolute atomic E-state index is 0.00523. The summed E-state index contributed by atoms with van der Waals surface area (Å²) in [5, 5.41) is 9.08. The van der Waals surface area contributed by atoms with E-state index in [1.807, 2.05) is 0 Å². The van der Waals surface area contributed by atoms with Crippen molar-refractivity contribution in [1.82, 2.24) is 4.31 Å². The first-order chi connectivity index (χ1) is 8.98. The highest BCUT2D eigenvalue weighted by molar-refractivity contribution is 7.89. The highest BCUT2D eigenvalue weighted by Gasteiger charge is 2.40. The summed E-state index contributed by atoms with van der Waals surface area (Å²) in [6.45, 7) is 0.220. The normalized spacial score (nSPS) is 20.4. The summed E-state index contributed by atoms with van der Waals surface area (Å²) in [6, 6.07) is 5.22. The lowest BCUT2D eigenvalue weighted by molar-refractivity contribution is -0.140. The number of carboxylic acids is 1. The van der Waals surface area contributed by atoms with Gasteiger partial charge in [0, 0.05) is 6.54 Å². The van der Waals surface area contributed by atoms with Crippen LogP contribution >= 0.6 is 0 Å². The van der Waals surface area contributed by atoms with Crippen LogP contribution in [0.15, 0.2) is 29.2 Å². The number of carbonyl (C=O) groups is 1. The average molecular weight is 285 g/mol. The Balaban J connectivity index is 2.45. The second-order valence-electron chi connectivity index (χ2n) is 4.26. The van der Waals surface area contributed by atoms with Gasteiger partial charge < -0.3 is 9.84 Å². The molecule has 2 rings (SSSR count). The lowest BCUT2D eigenvalue weighted by atomic mass is 10.2. The Kier molecular flexibility index (Phi) is 3.77. The molecule has 1 atom stereocenters. The second kappa shape index (κ2) is 5.18. The molecular weight excluding hydrogens is 270 g/mol. The quantitative estimate of drug-likeness (QED) is 0.889. The van der Waals surface area contributed by atoms with Gasteiger partial charge in [-0.1, -0.05) is 12.1 Å². The molecule has 0 amide bonds. The highest BCUT2D eigenvalue weighted by Crippen LogP contribution is 2.31. The van der Waals surface area contributed by atoms with Crippen molar-refractivity contribution >= 4 is 16.0 Å². The van der Waals surface area contributed by atoms with Crippen LogP contribution in [0.5, 0.6) is 5.75 Å². The van der Waals surface area contributed by atoms with Crippen molar-refractivity contribution in [3.05, 3.63) is 24.3 Å². The molecule has 1 fully saturated rings. The van der Waals surface area contributed by atoms with Crippen LogP contribution < -0.4 is 4.74 Å². The molecular formula is C12H15NO5S. The van der Waals surface area contributed by atoms with Crippen molar-refractivity contribution in [2.24, 2.45) is 0 Å². The SMILES string of the molecule is COc1ccccc1S(=O)(=O)N1CCC[C@@H]1C(=O)O. The smallest absolute Gasteiger partial charge is 0.322 e. The summed E-state index contributed by atoms with van der Waals surface area (Å²) in [4.78, 5) is 11.1. The standard InChI is InChI=1S/C12H15NO5S/c1-18-10-6-2-3-7-11(10)19(16,17)13-8-4-5-9(13)12(14)15/h2-3,6-7,9H,4-5,8H2,1H3,(H,14,15)/t9-/m1/s1. The maximum Gasteiger partial charge on any atom is 0.322 e. The Bertz CT molecular complexity index is 584. The lowest BCUT2D eigenvalue weighted by Gasteiger charge is -2.21. The van der Waals surface area contributed by atoms with E-state index in [-0.39, 0.29) is 17.2 Å². The summed E-state index contributed by atoms with van der Waals surface area (Å²) >= 11 is 0.